The van der Waals surface area contributed by atoms with Crippen LogP contribution in [-0.2, 0) is 6.42 Å². The van der Waals surface area contributed by atoms with E-state index in [-0.39, 0.29) is 0 Å². The standard InChI is InChI=1S/C23H31N3O3/c1-18-7-5-6-8-20(18)26-15-13-25(14-16-26)12-11-19-9-10-21(22(17-19)28-4)29-23(27)24(2)3/h5-10,17H,11-16H2,1-4H3. The largest absolute Gasteiger partial charge is 0.493 e. The van der Waals surface area contributed by atoms with Crippen molar-refractivity contribution in [3.05, 3.63) is 53.6 Å². The number of benzene rings is 2. The van der Waals surface area contributed by atoms with Crippen LogP contribution in [0.4, 0.5) is 10.5 Å². The van der Waals surface area contributed by atoms with Crippen LogP contribution in [0.15, 0.2) is 42.5 Å². The van der Waals surface area contributed by atoms with Gasteiger partial charge in [0, 0.05) is 52.5 Å². The highest BCUT2D eigenvalue weighted by Crippen LogP contribution is 2.29. The van der Waals surface area contributed by atoms with Crippen molar-refractivity contribution in [3.63, 3.8) is 0 Å². The van der Waals surface area contributed by atoms with Gasteiger partial charge in [0.15, 0.2) is 11.5 Å². The molecule has 6 heteroatoms. The predicted octanol–water partition coefficient (Wildman–Crippen LogP) is 3.43. The van der Waals surface area contributed by atoms with Gasteiger partial charge in [-0.1, -0.05) is 24.3 Å². The minimum Gasteiger partial charge on any atom is -0.493 e. The average Bonchev–Trinajstić information content (AvgIpc) is 2.73. The molecule has 29 heavy (non-hydrogen) atoms. The molecule has 2 aromatic rings. The van der Waals surface area contributed by atoms with Gasteiger partial charge in [-0.2, -0.15) is 0 Å². The molecule has 1 aliphatic rings. The Labute approximate surface area is 173 Å². The molecule has 0 unspecified atom stereocenters. The number of hydrogen-bond donors (Lipinski definition) is 0. The Morgan fingerprint density at radius 2 is 1.76 bits per heavy atom. The van der Waals surface area contributed by atoms with Gasteiger partial charge in [-0.15, -0.1) is 0 Å². The highest BCUT2D eigenvalue weighted by Gasteiger charge is 2.18. The summed E-state index contributed by atoms with van der Waals surface area (Å²) in [6.07, 6.45) is 0.519. The zero-order valence-electron chi connectivity index (χ0n) is 17.9. The first-order chi connectivity index (χ1) is 14.0. The highest BCUT2D eigenvalue weighted by atomic mass is 16.6. The fourth-order valence-electron chi connectivity index (χ4n) is 3.55. The van der Waals surface area contributed by atoms with E-state index in [1.807, 2.05) is 18.2 Å². The Kier molecular flexibility index (Phi) is 6.99. The van der Waals surface area contributed by atoms with Gasteiger partial charge in [0.25, 0.3) is 0 Å². The van der Waals surface area contributed by atoms with Gasteiger partial charge in [0.1, 0.15) is 0 Å². The molecule has 0 radical (unpaired) electrons. The lowest BCUT2D eigenvalue weighted by Gasteiger charge is -2.36. The van der Waals surface area contributed by atoms with E-state index in [9.17, 15) is 4.79 Å². The van der Waals surface area contributed by atoms with Crippen molar-refractivity contribution < 1.29 is 14.3 Å². The van der Waals surface area contributed by atoms with Gasteiger partial charge < -0.3 is 19.3 Å². The summed E-state index contributed by atoms with van der Waals surface area (Å²) in [6.45, 7) is 7.39. The van der Waals surface area contributed by atoms with Gasteiger partial charge in [-0.3, -0.25) is 4.90 Å². The van der Waals surface area contributed by atoms with Crippen LogP contribution in [0.1, 0.15) is 11.1 Å². The number of ether oxygens (including phenoxy) is 2. The molecule has 0 aromatic heterocycles. The second kappa shape index (κ2) is 9.65. The zero-order chi connectivity index (χ0) is 20.8. The van der Waals surface area contributed by atoms with Crippen LogP contribution < -0.4 is 14.4 Å². The maximum Gasteiger partial charge on any atom is 0.414 e. The van der Waals surface area contributed by atoms with Crippen LogP contribution in [0.5, 0.6) is 11.5 Å². The van der Waals surface area contributed by atoms with Gasteiger partial charge in [-0.05, 0) is 42.7 Å². The number of aryl methyl sites for hydroxylation is 1. The fourth-order valence-corrected chi connectivity index (χ4v) is 3.55. The molecule has 0 atom stereocenters. The number of methoxy groups -OCH3 is 1. The summed E-state index contributed by atoms with van der Waals surface area (Å²) in [5, 5.41) is 0. The number of piperazine rings is 1. The number of para-hydroxylation sites is 1. The molecule has 1 fully saturated rings. The van der Waals surface area contributed by atoms with E-state index in [0.29, 0.717) is 11.5 Å². The summed E-state index contributed by atoms with van der Waals surface area (Å²) in [4.78, 5) is 18.2. The third-order valence-corrected chi connectivity index (χ3v) is 5.34. The maximum atomic E-state index is 11.8. The van der Waals surface area contributed by atoms with Crippen LogP contribution in [-0.4, -0.2) is 69.8 Å². The molecule has 0 spiro atoms. The van der Waals surface area contributed by atoms with Crippen LogP contribution in [0.3, 0.4) is 0 Å². The number of rotatable bonds is 6. The summed E-state index contributed by atoms with van der Waals surface area (Å²) < 4.78 is 10.8. The summed E-state index contributed by atoms with van der Waals surface area (Å²) in [5.41, 5.74) is 3.86. The predicted molar refractivity (Wildman–Crippen MR) is 116 cm³/mol. The molecule has 1 saturated heterocycles. The Morgan fingerprint density at radius 3 is 2.41 bits per heavy atom. The van der Waals surface area contributed by atoms with Gasteiger partial charge >= 0.3 is 6.09 Å². The summed E-state index contributed by atoms with van der Waals surface area (Å²) in [7, 11) is 4.90. The number of hydrogen-bond acceptors (Lipinski definition) is 5. The SMILES string of the molecule is COc1cc(CCN2CCN(c3ccccc3C)CC2)ccc1OC(=O)N(C)C. The van der Waals surface area contributed by atoms with Crippen LogP contribution >= 0.6 is 0 Å². The molecular weight excluding hydrogens is 366 g/mol. The summed E-state index contributed by atoms with van der Waals surface area (Å²) in [5.74, 6) is 1.03. The van der Waals surface area contributed by atoms with Crippen LogP contribution in [0, 0.1) is 6.92 Å². The first-order valence-corrected chi connectivity index (χ1v) is 10.1. The molecule has 1 heterocycles. The van der Waals surface area contributed by atoms with Gasteiger partial charge in [0.2, 0.25) is 0 Å². The number of amides is 1. The molecule has 2 aromatic carbocycles. The maximum absolute atomic E-state index is 11.8. The van der Waals surface area contributed by atoms with Crippen molar-refractivity contribution in [1.29, 1.82) is 0 Å². The topological polar surface area (TPSA) is 45.3 Å². The lowest BCUT2D eigenvalue weighted by molar-refractivity contribution is 0.170. The van der Waals surface area contributed by atoms with E-state index in [0.717, 1.165) is 39.1 Å². The minimum atomic E-state index is -0.414. The van der Waals surface area contributed by atoms with E-state index in [2.05, 4.69) is 41.0 Å². The third-order valence-electron chi connectivity index (χ3n) is 5.34. The Hall–Kier alpha value is -2.73. The number of carbonyl (C=O) groups is 1. The van der Waals surface area contributed by atoms with Crippen molar-refractivity contribution in [2.24, 2.45) is 0 Å². The van der Waals surface area contributed by atoms with E-state index in [4.69, 9.17) is 9.47 Å². The van der Waals surface area contributed by atoms with Crippen molar-refractivity contribution >= 4 is 11.8 Å². The normalized spacial score (nSPS) is 14.6. The zero-order valence-corrected chi connectivity index (χ0v) is 17.9. The van der Waals surface area contributed by atoms with Crippen LogP contribution in [0.2, 0.25) is 0 Å². The molecule has 1 amide bonds. The molecule has 1 aliphatic heterocycles. The lowest BCUT2D eigenvalue weighted by Crippen LogP contribution is -2.47. The molecule has 156 valence electrons. The first kappa shape index (κ1) is 21.0. The van der Waals surface area contributed by atoms with Crippen LogP contribution in [0.25, 0.3) is 0 Å². The lowest BCUT2D eigenvalue weighted by atomic mass is 10.1. The summed E-state index contributed by atoms with van der Waals surface area (Å²) in [6, 6.07) is 14.4. The third kappa shape index (κ3) is 5.41. The number of carbonyl (C=O) groups excluding carboxylic acids is 1. The molecule has 6 nitrogen and oxygen atoms in total. The van der Waals surface area contributed by atoms with E-state index >= 15 is 0 Å². The fraction of sp³-hybridized carbons (Fsp3) is 0.435. The Bertz CT molecular complexity index is 830. The smallest absolute Gasteiger partial charge is 0.414 e. The summed E-state index contributed by atoms with van der Waals surface area (Å²) >= 11 is 0. The number of anilines is 1. The van der Waals surface area contributed by atoms with Crippen molar-refractivity contribution in [1.82, 2.24) is 9.80 Å². The molecule has 0 saturated carbocycles. The van der Waals surface area contributed by atoms with Crippen molar-refractivity contribution in [2.45, 2.75) is 13.3 Å². The first-order valence-electron chi connectivity index (χ1n) is 10.1. The van der Waals surface area contributed by atoms with E-state index in [1.54, 1.807) is 21.2 Å². The Balaban J connectivity index is 1.53. The van der Waals surface area contributed by atoms with Gasteiger partial charge in [0.05, 0.1) is 7.11 Å². The molecule has 0 N–H and O–H groups in total. The molecule has 0 aliphatic carbocycles. The quantitative estimate of drug-likeness (QED) is 0.747. The molecule has 3 rings (SSSR count). The monoisotopic (exact) mass is 397 g/mol. The Morgan fingerprint density at radius 1 is 1.03 bits per heavy atom. The highest BCUT2D eigenvalue weighted by molar-refractivity contribution is 5.71. The van der Waals surface area contributed by atoms with E-state index < -0.39 is 6.09 Å². The average molecular weight is 398 g/mol. The number of nitrogens with zero attached hydrogens (tertiary/aromatic N) is 3. The van der Waals surface area contributed by atoms with Gasteiger partial charge in [-0.25, -0.2) is 4.79 Å². The second-order valence-corrected chi connectivity index (χ2v) is 7.61. The van der Waals surface area contributed by atoms with Crippen molar-refractivity contribution in [3.8, 4) is 11.5 Å². The minimum absolute atomic E-state index is 0.414. The van der Waals surface area contributed by atoms with Crippen molar-refractivity contribution in [2.75, 3.05) is 58.8 Å². The second-order valence-electron chi connectivity index (χ2n) is 7.61. The molecule has 0 bridgehead atoms. The van der Waals surface area contributed by atoms with E-state index in [1.165, 1.54) is 21.7 Å². The molecular formula is C23H31N3O3.